The summed E-state index contributed by atoms with van der Waals surface area (Å²) < 4.78 is 10.7. The fourth-order valence-electron chi connectivity index (χ4n) is 1.93. The second kappa shape index (κ2) is 6.76. The van der Waals surface area contributed by atoms with Crippen LogP contribution in [0.4, 0.5) is 0 Å². The van der Waals surface area contributed by atoms with Crippen molar-refractivity contribution < 1.29 is 9.47 Å². The highest BCUT2D eigenvalue weighted by Crippen LogP contribution is 2.26. The molecule has 0 fully saturated rings. The second-order valence-electron chi connectivity index (χ2n) is 5.12. The SMILES string of the molecule is CNC(CCC(C)(C)OC)c1cccc(OC)c1. The van der Waals surface area contributed by atoms with Crippen molar-refractivity contribution in [1.82, 2.24) is 5.32 Å². The molecule has 3 heteroatoms. The van der Waals surface area contributed by atoms with Crippen LogP contribution in [-0.2, 0) is 4.74 Å². The molecule has 0 spiro atoms. The molecule has 0 saturated carbocycles. The Morgan fingerprint density at radius 3 is 2.56 bits per heavy atom. The number of hydrogen-bond donors (Lipinski definition) is 1. The lowest BCUT2D eigenvalue weighted by Gasteiger charge is -2.26. The first-order chi connectivity index (χ1) is 8.52. The summed E-state index contributed by atoms with van der Waals surface area (Å²) in [6, 6.07) is 8.54. The van der Waals surface area contributed by atoms with Crippen molar-refractivity contribution in [2.75, 3.05) is 21.3 Å². The quantitative estimate of drug-likeness (QED) is 0.807. The van der Waals surface area contributed by atoms with Crippen LogP contribution >= 0.6 is 0 Å². The van der Waals surface area contributed by atoms with Crippen molar-refractivity contribution >= 4 is 0 Å². The predicted molar refractivity (Wildman–Crippen MR) is 75.1 cm³/mol. The summed E-state index contributed by atoms with van der Waals surface area (Å²) >= 11 is 0. The summed E-state index contributed by atoms with van der Waals surface area (Å²) in [7, 11) is 5.45. The van der Waals surface area contributed by atoms with E-state index >= 15 is 0 Å². The smallest absolute Gasteiger partial charge is 0.119 e. The van der Waals surface area contributed by atoms with Gasteiger partial charge in [0.1, 0.15) is 5.75 Å². The molecule has 0 amide bonds. The molecule has 0 aliphatic carbocycles. The highest BCUT2D eigenvalue weighted by atomic mass is 16.5. The predicted octanol–water partition coefficient (Wildman–Crippen LogP) is 3.16. The molecule has 1 atom stereocenters. The van der Waals surface area contributed by atoms with Crippen LogP contribution in [0.25, 0.3) is 0 Å². The highest BCUT2D eigenvalue weighted by Gasteiger charge is 2.19. The Morgan fingerprint density at radius 1 is 1.28 bits per heavy atom. The zero-order valence-corrected chi connectivity index (χ0v) is 12.1. The first kappa shape index (κ1) is 15.0. The van der Waals surface area contributed by atoms with Gasteiger partial charge in [0.15, 0.2) is 0 Å². The number of nitrogens with one attached hydrogen (secondary N) is 1. The van der Waals surface area contributed by atoms with Gasteiger partial charge in [0.2, 0.25) is 0 Å². The summed E-state index contributed by atoms with van der Waals surface area (Å²) in [5.74, 6) is 0.902. The maximum absolute atomic E-state index is 5.46. The van der Waals surface area contributed by atoms with Gasteiger partial charge in [0.25, 0.3) is 0 Å². The standard InChI is InChI=1S/C15H25NO2/c1-15(2,18-5)10-9-14(16-3)12-7-6-8-13(11-12)17-4/h6-8,11,14,16H,9-10H2,1-5H3. The van der Waals surface area contributed by atoms with Crippen molar-refractivity contribution in [1.29, 1.82) is 0 Å². The Morgan fingerprint density at radius 2 is 2.00 bits per heavy atom. The third-order valence-electron chi connectivity index (χ3n) is 3.43. The van der Waals surface area contributed by atoms with E-state index in [9.17, 15) is 0 Å². The molecule has 0 bridgehead atoms. The van der Waals surface area contributed by atoms with Gasteiger partial charge in [0, 0.05) is 13.2 Å². The lowest BCUT2D eigenvalue weighted by molar-refractivity contribution is 0.0118. The molecule has 1 aromatic rings. The van der Waals surface area contributed by atoms with Crippen molar-refractivity contribution in [2.24, 2.45) is 0 Å². The first-order valence-electron chi connectivity index (χ1n) is 6.39. The van der Waals surface area contributed by atoms with E-state index in [4.69, 9.17) is 9.47 Å². The van der Waals surface area contributed by atoms with E-state index in [1.165, 1.54) is 5.56 Å². The minimum atomic E-state index is -0.0754. The van der Waals surface area contributed by atoms with E-state index in [-0.39, 0.29) is 5.60 Å². The average molecular weight is 251 g/mol. The molecular formula is C15H25NO2. The maximum Gasteiger partial charge on any atom is 0.119 e. The lowest BCUT2D eigenvalue weighted by atomic mass is 9.95. The zero-order chi connectivity index (χ0) is 13.6. The Hall–Kier alpha value is -1.06. The van der Waals surface area contributed by atoms with Crippen LogP contribution in [0.2, 0.25) is 0 Å². The van der Waals surface area contributed by atoms with Gasteiger partial charge in [-0.15, -0.1) is 0 Å². The van der Waals surface area contributed by atoms with E-state index in [1.807, 2.05) is 19.2 Å². The fourth-order valence-corrected chi connectivity index (χ4v) is 1.93. The molecule has 0 aromatic heterocycles. The molecule has 1 N–H and O–H groups in total. The number of hydrogen-bond acceptors (Lipinski definition) is 3. The molecule has 1 aromatic carbocycles. The fraction of sp³-hybridized carbons (Fsp3) is 0.600. The molecule has 0 radical (unpaired) electrons. The Labute approximate surface area is 110 Å². The van der Waals surface area contributed by atoms with Crippen LogP contribution in [0.15, 0.2) is 24.3 Å². The van der Waals surface area contributed by atoms with Crippen LogP contribution < -0.4 is 10.1 Å². The number of ether oxygens (including phenoxy) is 2. The lowest BCUT2D eigenvalue weighted by Crippen LogP contribution is -2.26. The zero-order valence-electron chi connectivity index (χ0n) is 12.1. The summed E-state index contributed by atoms with van der Waals surface area (Å²) in [6.07, 6.45) is 2.04. The Bertz CT molecular complexity index is 363. The molecule has 1 rings (SSSR count). The molecule has 1 unspecified atom stereocenters. The minimum Gasteiger partial charge on any atom is -0.497 e. The third-order valence-corrected chi connectivity index (χ3v) is 3.43. The summed E-state index contributed by atoms with van der Waals surface area (Å²) in [6.45, 7) is 4.23. The van der Waals surface area contributed by atoms with E-state index < -0.39 is 0 Å². The third kappa shape index (κ3) is 4.31. The molecule has 18 heavy (non-hydrogen) atoms. The van der Waals surface area contributed by atoms with E-state index in [0.29, 0.717) is 6.04 Å². The summed E-state index contributed by atoms with van der Waals surface area (Å²) in [4.78, 5) is 0. The van der Waals surface area contributed by atoms with Crippen molar-refractivity contribution in [3.05, 3.63) is 29.8 Å². The van der Waals surface area contributed by atoms with Crippen LogP contribution in [0.5, 0.6) is 5.75 Å². The minimum absolute atomic E-state index is 0.0754. The number of benzene rings is 1. The molecule has 102 valence electrons. The van der Waals surface area contributed by atoms with Gasteiger partial charge in [-0.05, 0) is 51.4 Å². The van der Waals surface area contributed by atoms with Crippen molar-refractivity contribution in [3.8, 4) is 5.75 Å². The summed E-state index contributed by atoms with van der Waals surface area (Å²) in [5, 5.41) is 3.36. The van der Waals surface area contributed by atoms with Gasteiger partial charge in [-0.1, -0.05) is 12.1 Å². The van der Waals surface area contributed by atoms with Gasteiger partial charge in [-0.3, -0.25) is 0 Å². The molecule has 0 heterocycles. The largest absolute Gasteiger partial charge is 0.497 e. The molecule has 0 aliphatic heterocycles. The average Bonchev–Trinajstić information content (AvgIpc) is 2.39. The molecule has 0 aliphatic rings. The first-order valence-corrected chi connectivity index (χ1v) is 6.39. The van der Waals surface area contributed by atoms with Crippen molar-refractivity contribution in [3.63, 3.8) is 0 Å². The Balaban J connectivity index is 2.70. The highest BCUT2D eigenvalue weighted by molar-refractivity contribution is 5.30. The van der Waals surface area contributed by atoms with Gasteiger partial charge >= 0.3 is 0 Å². The van der Waals surface area contributed by atoms with Crippen LogP contribution in [0.1, 0.15) is 38.3 Å². The normalized spacial score (nSPS) is 13.4. The van der Waals surface area contributed by atoms with Crippen LogP contribution in [-0.4, -0.2) is 26.9 Å². The molecule has 0 saturated heterocycles. The van der Waals surface area contributed by atoms with Gasteiger partial charge < -0.3 is 14.8 Å². The maximum atomic E-state index is 5.46. The molecule has 3 nitrogen and oxygen atoms in total. The van der Waals surface area contributed by atoms with E-state index in [1.54, 1.807) is 14.2 Å². The number of methoxy groups -OCH3 is 2. The molecular weight excluding hydrogens is 226 g/mol. The van der Waals surface area contributed by atoms with Gasteiger partial charge in [0.05, 0.1) is 12.7 Å². The monoisotopic (exact) mass is 251 g/mol. The summed E-state index contributed by atoms with van der Waals surface area (Å²) in [5.41, 5.74) is 1.18. The van der Waals surface area contributed by atoms with Crippen LogP contribution in [0, 0.1) is 0 Å². The van der Waals surface area contributed by atoms with Crippen molar-refractivity contribution in [2.45, 2.75) is 38.3 Å². The van der Waals surface area contributed by atoms with Crippen LogP contribution in [0.3, 0.4) is 0 Å². The van der Waals surface area contributed by atoms with Gasteiger partial charge in [-0.2, -0.15) is 0 Å². The topological polar surface area (TPSA) is 30.5 Å². The van der Waals surface area contributed by atoms with Gasteiger partial charge in [-0.25, -0.2) is 0 Å². The second-order valence-corrected chi connectivity index (χ2v) is 5.12. The number of rotatable bonds is 7. The Kier molecular flexibility index (Phi) is 5.63. The van der Waals surface area contributed by atoms with E-state index in [2.05, 4.69) is 31.3 Å². The van der Waals surface area contributed by atoms with E-state index in [0.717, 1.165) is 18.6 Å².